The summed E-state index contributed by atoms with van der Waals surface area (Å²) in [5.74, 6) is 0.576. The van der Waals surface area contributed by atoms with Crippen LogP contribution in [0.4, 0.5) is 10.2 Å². The third kappa shape index (κ3) is 3.77. The van der Waals surface area contributed by atoms with Crippen LogP contribution in [0.2, 0.25) is 0 Å². The second-order valence-corrected chi connectivity index (χ2v) is 4.19. The quantitative estimate of drug-likeness (QED) is 0.780. The van der Waals surface area contributed by atoms with E-state index in [9.17, 15) is 4.39 Å². The van der Waals surface area contributed by atoms with Crippen LogP contribution in [-0.2, 0) is 6.54 Å². The van der Waals surface area contributed by atoms with Gasteiger partial charge in [0.25, 0.3) is 0 Å². The third-order valence-corrected chi connectivity index (χ3v) is 2.21. The first-order valence-corrected chi connectivity index (χ1v) is 5.73. The van der Waals surface area contributed by atoms with Crippen molar-refractivity contribution >= 4 is 5.82 Å². The number of aromatic nitrogens is 1. The summed E-state index contributed by atoms with van der Waals surface area (Å²) >= 11 is 0. The highest BCUT2D eigenvalue weighted by molar-refractivity contribution is 5.39. The fourth-order valence-corrected chi connectivity index (χ4v) is 1.30. The number of nitrogens with one attached hydrogen (secondary N) is 2. The first-order chi connectivity index (χ1) is 7.65. The smallest absolute Gasteiger partial charge is 0.169 e. The van der Waals surface area contributed by atoms with E-state index in [1.54, 1.807) is 12.3 Å². The molecule has 0 amide bonds. The van der Waals surface area contributed by atoms with Crippen molar-refractivity contribution in [2.24, 2.45) is 5.92 Å². The lowest BCUT2D eigenvalue weighted by Crippen LogP contribution is -2.15. The molecule has 0 saturated carbocycles. The van der Waals surface area contributed by atoms with E-state index < -0.39 is 0 Å². The van der Waals surface area contributed by atoms with Gasteiger partial charge in [-0.05, 0) is 18.5 Å². The number of hydrogen-bond donors (Lipinski definition) is 2. The first-order valence-electron chi connectivity index (χ1n) is 5.73. The van der Waals surface area contributed by atoms with Crippen molar-refractivity contribution in [3.63, 3.8) is 0 Å². The van der Waals surface area contributed by atoms with Crippen molar-refractivity contribution in [2.45, 2.75) is 27.3 Å². The van der Waals surface area contributed by atoms with E-state index in [0.717, 1.165) is 13.1 Å². The zero-order valence-corrected chi connectivity index (χ0v) is 10.2. The highest BCUT2D eigenvalue weighted by Gasteiger charge is 2.08. The standard InChI is InChI=1S/C12H20FN3/c1-4-14-8-10-5-6-15-12(11(10)13)16-7-9(2)3/h5-6,9,14H,4,7-8H2,1-3H3,(H,15,16). The number of anilines is 1. The van der Waals surface area contributed by atoms with Crippen LogP contribution in [0.1, 0.15) is 26.3 Å². The topological polar surface area (TPSA) is 37.0 Å². The summed E-state index contributed by atoms with van der Waals surface area (Å²) in [6.07, 6.45) is 1.64. The molecule has 0 atom stereocenters. The molecule has 0 spiro atoms. The first kappa shape index (κ1) is 12.9. The predicted octanol–water partition coefficient (Wildman–Crippen LogP) is 2.40. The molecule has 16 heavy (non-hydrogen) atoms. The SMILES string of the molecule is CCNCc1ccnc(NCC(C)C)c1F. The monoisotopic (exact) mass is 225 g/mol. The van der Waals surface area contributed by atoms with Gasteiger partial charge in [-0.2, -0.15) is 0 Å². The highest BCUT2D eigenvalue weighted by Crippen LogP contribution is 2.15. The molecule has 0 bridgehead atoms. The van der Waals surface area contributed by atoms with Crippen molar-refractivity contribution in [3.8, 4) is 0 Å². The molecule has 0 fully saturated rings. The molecule has 90 valence electrons. The van der Waals surface area contributed by atoms with Gasteiger partial charge in [0, 0.05) is 24.8 Å². The zero-order valence-electron chi connectivity index (χ0n) is 10.2. The normalized spacial score (nSPS) is 10.8. The summed E-state index contributed by atoms with van der Waals surface area (Å²) in [6.45, 7) is 8.25. The Labute approximate surface area is 96.5 Å². The lowest BCUT2D eigenvalue weighted by Gasteiger charge is -2.11. The molecule has 3 nitrogen and oxygen atoms in total. The fourth-order valence-electron chi connectivity index (χ4n) is 1.30. The molecule has 1 rings (SSSR count). The van der Waals surface area contributed by atoms with Crippen molar-refractivity contribution in [2.75, 3.05) is 18.4 Å². The van der Waals surface area contributed by atoms with Gasteiger partial charge in [0.2, 0.25) is 0 Å². The fraction of sp³-hybridized carbons (Fsp3) is 0.583. The molecule has 0 aliphatic heterocycles. The van der Waals surface area contributed by atoms with E-state index in [1.165, 1.54) is 0 Å². The molecule has 0 aliphatic carbocycles. The number of halogens is 1. The molecule has 2 N–H and O–H groups in total. The molecule has 0 aromatic carbocycles. The third-order valence-electron chi connectivity index (χ3n) is 2.21. The Kier molecular flexibility index (Phi) is 5.19. The second kappa shape index (κ2) is 6.43. The minimum absolute atomic E-state index is 0.246. The Bertz CT molecular complexity index is 326. The van der Waals surface area contributed by atoms with Gasteiger partial charge < -0.3 is 10.6 Å². The van der Waals surface area contributed by atoms with E-state index in [2.05, 4.69) is 29.5 Å². The lowest BCUT2D eigenvalue weighted by atomic mass is 10.2. The molecule has 0 radical (unpaired) electrons. The Hall–Kier alpha value is -1.16. The van der Waals surface area contributed by atoms with Crippen molar-refractivity contribution in [1.29, 1.82) is 0 Å². The average Bonchev–Trinajstić information content (AvgIpc) is 2.26. The number of pyridine rings is 1. The van der Waals surface area contributed by atoms with E-state index in [1.807, 2.05) is 6.92 Å². The van der Waals surface area contributed by atoms with Crippen LogP contribution in [0.3, 0.4) is 0 Å². The number of rotatable bonds is 6. The van der Waals surface area contributed by atoms with Gasteiger partial charge >= 0.3 is 0 Å². The zero-order chi connectivity index (χ0) is 12.0. The molecule has 0 aliphatic rings. The van der Waals surface area contributed by atoms with Crippen LogP contribution in [0.25, 0.3) is 0 Å². The molecule has 1 aromatic rings. The van der Waals surface area contributed by atoms with Gasteiger partial charge in [0.15, 0.2) is 11.6 Å². The van der Waals surface area contributed by atoms with Crippen LogP contribution in [0.5, 0.6) is 0 Å². The Balaban J connectivity index is 2.70. The van der Waals surface area contributed by atoms with E-state index in [0.29, 0.717) is 23.8 Å². The second-order valence-electron chi connectivity index (χ2n) is 4.19. The Morgan fingerprint density at radius 1 is 1.44 bits per heavy atom. The van der Waals surface area contributed by atoms with Gasteiger partial charge in [0.1, 0.15) is 0 Å². The largest absolute Gasteiger partial charge is 0.367 e. The molecule has 1 heterocycles. The highest BCUT2D eigenvalue weighted by atomic mass is 19.1. The lowest BCUT2D eigenvalue weighted by molar-refractivity contribution is 0.587. The van der Waals surface area contributed by atoms with Crippen LogP contribution >= 0.6 is 0 Å². The molecular weight excluding hydrogens is 205 g/mol. The average molecular weight is 225 g/mol. The maximum atomic E-state index is 13.9. The minimum Gasteiger partial charge on any atom is -0.367 e. The van der Waals surface area contributed by atoms with E-state index in [4.69, 9.17) is 0 Å². The summed E-state index contributed by atoms with van der Waals surface area (Å²) in [5, 5.41) is 6.12. The molecule has 4 heteroatoms. The predicted molar refractivity (Wildman–Crippen MR) is 64.9 cm³/mol. The van der Waals surface area contributed by atoms with Gasteiger partial charge in [-0.1, -0.05) is 20.8 Å². The molecule has 0 unspecified atom stereocenters. The Morgan fingerprint density at radius 2 is 2.19 bits per heavy atom. The van der Waals surface area contributed by atoms with Gasteiger partial charge in [0.05, 0.1) is 0 Å². The Morgan fingerprint density at radius 3 is 2.81 bits per heavy atom. The maximum absolute atomic E-state index is 13.9. The van der Waals surface area contributed by atoms with E-state index in [-0.39, 0.29) is 5.82 Å². The molecular formula is C12H20FN3. The van der Waals surface area contributed by atoms with Crippen molar-refractivity contribution in [1.82, 2.24) is 10.3 Å². The summed E-state index contributed by atoms with van der Waals surface area (Å²) in [4.78, 5) is 4.01. The number of hydrogen-bond acceptors (Lipinski definition) is 3. The minimum atomic E-state index is -0.246. The summed E-state index contributed by atoms with van der Waals surface area (Å²) in [7, 11) is 0. The molecule has 1 aromatic heterocycles. The van der Waals surface area contributed by atoms with Gasteiger partial charge in [-0.25, -0.2) is 9.37 Å². The van der Waals surface area contributed by atoms with Crippen molar-refractivity contribution in [3.05, 3.63) is 23.6 Å². The van der Waals surface area contributed by atoms with Gasteiger partial charge in [-0.15, -0.1) is 0 Å². The van der Waals surface area contributed by atoms with Crippen LogP contribution in [0, 0.1) is 11.7 Å². The number of nitrogens with zero attached hydrogens (tertiary/aromatic N) is 1. The summed E-state index contributed by atoms with van der Waals surface area (Å²) in [5.41, 5.74) is 0.656. The molecule has 0 saturated heterocycles. The van der Waals surface area contributed by atoms with Crippen LogP contribution in [0.15, 0.2) is 12.3 Å². The maximum Gasteiger partial charge on any atom is 0.169 e. The van der Waals surface area contributed by atoms with Crippen molar-refractivity contribution < 1.29 is 4.39 Å². The summed E-state index contributed by atoms with van der Waals surface area (Å²) < 4.78 is 13.9. The van der Waals surface area contributed by atoms with Crippen LogP contribution in [-0.4, -0.2) is 18.1 Å². The summed E-state index contributed by atoms with van der Waals surface area (Å²) in [6, 6.07) is 1.71. The van der Waals surface area contributed by atoms with Gasteiger partial charge in [-0.3, -0.25) is 0 Å². The van der Waals surface area contributed by atoms with Crippen LogP contribution < -0.4 is 10.6 Å². The van der Waals surface area contributed by atoms with E-state index >= 15 is 0 Å².